The summed E-state index contributed by atoms with van der Waals surface area (Å²) in [7, 11) is 0. The van der Waals surface area contributed by atoms with Crippen LogP contribution in [0.15, 0.2) is 217 Å². The lowest BCUT2D eigenvalue weighted by molar-refractivity contribution is 0.443. The van der Waals surface area contributed by atoms with E-state index in [4.69, 9.17) is 9.15 Å². The van der Waals surface area contributed by atoms with Crippen molar-refractivity contribution >= 4 is 49.3 Å². The summed E-state index contributed by atoms with van der Waals surface area (Å²) in [5, 5.41) is 4.68. The number of hydrogen-bond acceptors (Lipinski definition) is 2. The number of para-hydroxylation sites is 2. The van der Waals surface area contributed by atoms with Crippen LogP contribution in [0.1, 0.15) is 11.1 Å². The molecule has 8 aromatic carbocycles. The van der Waals surface area contributed by atoms with Crippen molar-refractivity contribution in [3.63, 3.8) is 0 Å². The Kier molecular flexibility index (Phi) is 8.04. The maximum absolute atomic E-state index is 6.40. The summed E-state index contributed by atoms with van der Waals surface area (Å²) < 4.78 is 14.9. The molecule has 11 rings (SSSR count). The Morgan fingerprint density at radius 2 is 1.07 bits per heavy atom. The highest BCUT2D eigenvalue weighted by Crippen LogP contribution is 2.39. The molecule has 0 atom stereocenters. The average molecular weight is 744 g/mol. The molecule has 2 aromatic heterocycles. The molecule has 3 heterocycles. The van der Waals surface area contributed by atoms with Gasteiger partial charge < -0.3 is 13.7 Å². The molecule has 0 fully saturated rings. The molecule has 0 saturated heterocycles. The van der Waals surface area contributed by atoms with Crippen LogP contribution in [0.2, 0.25) is 0 Å². The second kappa shape index (κ2) is 13.8. The van der Waals surface area contributed by atoms with Crippen molar-refractivity contribution in [3.8, 4) is 44.8 Å². The smallest absolute Gasteiger partial charge is 0.135 e. The number of allylic oxidation sites excluding steroid dienone is 4. The van der Waals surface area contributed by atoms with Crippen molar-refractivity contribution in [3.05, 3.63) is 224 Å². The summed E-state index contributed by atoms with van der Waals surface area (Å²) in [6, 6.07) is 64.9. The first-order chi connectivity index (χ1) is 28.6. The van der Waals surface area contributed by atoms with E-state index in [1.807, 2.05) is 18.2 Å². The Morgan fingerprint density at radius 3 is 1.93 bits per heavy atom. The van der Waals surface area contributed by atoms with Gasteiger partial charge in [-0.3, -0.25) is 0 Å². The van der Waals surface area contributed by atoms with Crippen LogP contribution in [0.3, 0.4) is 0 Å². The van der Waals surface area contributed by atoms with Crippen LogP contribution >= 0.6 is 0 Å². The van der Waals surface area contributed by atoms with Gasteiger partial charge in [0, 0.05) is 32.8 Å². The molecule has 10 aromatic rings. The normalized spacial score (nSPS) is 14.4. The molecule has 1 aliphatic rings. The molecule has 0 spiro atoms. The first-order valence-corrected chi connectivity index (χ1v) is 19.7. The summed E-state index contributed by atoms with van der Waals surface area (Å²) in [6.07, 6.45) is 7.08. The predicted octanol–water partition coefficient (Wildman–Crippen LogP) is 14.8. The molecule has 58 heavy (non-hydrogen) atoms. The van der Waals surface area contributed by atoms with Gasteiger partial charge in [-0.05, 0) is 118 Å². The van der Waals surface area contributed by atoms with Gasteiger partial charge in [0.1, 0.15) is 22.7 Å². The van der Waals surface area contributed by atoms with E-state index >= 15 is 0 Å². The third kappa shape index (κ3) is 5.93. The zero-order chi connectivity index (χ0) is 38.6. The van der Waals surface area contributed by atoms with Crippen LogP contribution in [-0.4, -0.2) is 4.57 Å². The van der Waals surface area contributed by atoms with E-state index < -0.39 is 0 Å². The van der Waals surface area contributed by atoms with Crippen LogP contribution in [0, 0.1) is 0 Å². The maximum atomic E-state index is 6.40. The molecule has 0 aliphatic carbocycles. The molecule has 1 aliphatic heterocycles. The summed E-state index contributed by atoms with van der Waals surface area (Å²) in [6.45, 7) is 4.27. The molecule has 0 saturated carbocycles. The zero-order valence-electron chi connectivity index (χ0n) is 31.7. The highest BCUT2D eigenvalue weighted by Gasteiger charge is 2.17. The van der Waals surface area contributed by atoms with Gasteiger partial charge in [-0.1, -0.05) is 140 Å². The van der Waals surface area contributed by atoms with E-state index in [9.17, 15) is 0 Å². The monoisotopic (exact) mass is 743 g/mol. The lowest BCUT2D eigenvalue weighted by Crippen LogP contribution is -1.99. The quantitative estimate of drug-likeness (QED) is 0.176. The van der Waals surface area contributed by atoms with E-state index in [0.29, 0.717) is 12.2 Å². The first-order valence-electron chi connectivity index (χ1n) is 19.7. The Hall–Kier alpha value is -7.62. The third-order valence-electron chi connectivity index (χ3n) is 11.4. The molecule has 0 amide bonds. The minimum Gasteiger partial charge on any atom is -0.458 e. The van der Waals surface area contributed by atoms with Crippen LogP contribution in [0.4, 0.5) is 0 Å². The van der Waals surface area contributed by atoms with Crippen molar-refractivity contribution in [2.75, 3.05) is 0 Å². The van der Waals surface area contributed by atoms with Crippen molar-refractivity contribution in [1.29, 1.82) is 0 Å². The van der Waals surface area contributed by atoms with E-state index in [2.05, 4.69) is 193 Å². The lowest BCUT2D eigenvalue weighted by Gasteiger charge is -2.14. The number of fused-ring (bicyclic) bond motifs is 7. The second-order valence-corrected chi connectivity index (χ2v) is 15.0. The summed E-state index contributed by atoms with van der Waals surface area (Å²) >= 11 is 0. The summed E-state index contributed by atoms with van der Waals surface area (Å²) in [5.74, 6) is 1.40. The fourth-order valence-corrected chi connectivity index (χ4v) is 8.55. The topological polar surface area (TPSA) is 27.3 Å². The van der Waals surface area contributed by atoms with E-state index in [1.54, 1.807) is 0 Å². The van der Waals surface area contributed by atoms with Gasteiger partial charge in [-0.25, -0.2) is 0 Å². The highest BCUT2D eigenvalue weighted by atomic mass is 16.5. The summed E-state index contributed by atoms with van der Waals surface area (Å²) in [5.41, 5.74) is 15.6. The lowest BCUT2D eigenvalue weighted by atomic mass is 9.95. The van der Waals surface area contributed by atoms with Gasteiger partial charge in [0.25, 0.3) is 0 Å². The van der Waals surface area contributed by atoms with Crippen molar-refractivity contribution < 1.29 is 9.15 Å². The standard InChI is InChI=1S/C55H37NO2/c1-36-21-22-38(40-14-10-16-42(32-40)41-15-9-13-39(31-41)37-11-3-2-4-12-37)23-24-45-33-46(27-30-53(45)57-36)56-51-19-7-5-17-47(51)48-28-25-44(35-52(48)56)43-26-29-55-50(34-43)49-18-6-8-20-54(49)58-55/h2-23,25-35H,1,24H2/b22-21-,38-23+. The number of ether oxygens (including phenoxy) is 1. The molecule has 0 bridgehead atoms. The molecule has 274 valence electrons. The van der Waals surface area contributed by atoms with Gasteiger partial charge in [0.05, 0.1) is 11.0 Å². The molecular weight excluding hydrogens is 707 g/mol. The largest absolute Gasteiger partial charge is 0.458 e. The van der Waals surface area contributed by atoms with Crippen LogP contribution in [0.5, 0.6) is 5.75 Å². The maximum Gasteiger partial charge on any atom is 0.135 e. The molecular formula is C55H37NO2. The zero-order valence-corrected chi connectivity index (χ0v) is 31.7. The van der Waals surface area contributed by atoms with E-state index in [0.717, 1.165) is 72.2 Å². The number of hydrogen-bond donors (Lipinski definition) is 0. The number of nitrogens with zero attached hydrogens (tertiary/aromatic N) is 1. The van der Waals surface area contributed by atoms with E-state index in [-0.39, 0.29) is 0 Å². The van der Waals surface area contributed by atoms with Gasteiger partial charge in [0.2, 0.25) is 0 Å². The first kappa shape index (κ1) is 33.7. The Labute approximate surface area is 336 Å². The average Bonchev–Trinajstić information content (AvgIpc) is 3.84. The third-order valence-corrected chi connectivity index (χ3v) is 11.4. The van der Waals surface area contributed by atoms with Crippen LogP contribution in [-0.2, 0) is 6.42 Å². The number of rotatable bonds is 5. The number of benzene rings is 8. The van der Waals surface area contributed by atoms with Crippen molar-refractivity contribution in [2.24, 2.45) is 0 Å². The minimum atomic E-state index is 0.595. The fourth-order valence-electron chi connectivity index (χ4n) is 8.55. The molecule has 3 heteroatoms. The second-order valence-electron chi connectivity index (χ2n) is 15.0. The number of furan rings is 1. The Morgan fingerprint density at radius 1 is 0.431 bits per heavy atom. The van der Waals surface area contributed by atoms with Crippen LogP contribution in [0.25, 0.3) is 88.4 Å². The molecule has 0 radical (unpaired) electrons. The molecule has 0 unspecified atom stereocenters. The van der Waals surface area contributed by atoms with Crippen molar-refractivity contribution in [2.45, 2.75) is 6.42 Å². The SMILES string of the molecule is C=C1/C=C\C(c2cccc(-c3cccc(-c4ccccc4)c3)c2)=C/Cc2cc(-n3c4ccccc4c4ccc(-c5ccc6oc7ccccc7c6c5)cc43)ccc2O1. The summed E-state index contributed by atoms with van der Waals surface area (Å²) in [4.78, 5) is 0. The Balaban J connectivity index is 0.985. The highest BCUT2D eigenvalue weighted by molar-refractivity contribution is 6.11. The van der Waals surface area contributed by atoms with Gasteiger partial charge in [-0.2, -0.15) is 0 Å². The van der Waals surface area contributed by atoms with Crippen molar-refractivity contribution in [1.82, 2.24) is 4.57 Å². The van der Waals surface area contributed by atoms with Crippen LogP contribution < -0.4 is 4.74 Å². The van der Waals surface area contributed by atoms with Gasteiger partial charge in [-0.15, -0.1) is 0 Å². The van der Waals surface area contributed by atoms with E-state index in [1.165, 1.54) is 33.0 Å². The molecule has 0 N–H and O–H groups in total. The fraction of sp³-hybridized carbons (Fsp3) is 0.0182. The predicted molar refractivity (Wildman–Crippen MR) is 241 cm³/mol. The number of aromatic nitrogens is 1. The van der Waals surface area contributed by atoms with Gasteiger partial charge in [0.15, 0.2) is 0 Å². The minimum absolute atomic E-state index is 0.595. The molecule has 3 nitrogen and oxygen atoms in total. The Bertz CT molecular complexity index is 3300. The van der Waals surface area contributed by atoms with Gasteiger partial charge >= 0.3 is 0 Å².